The Morgan fingerprint density at radius 2 is 1.80 bits per heavy atom. The minimum absolute atomic E-state index is 0.0544. The summed E-state index contributed by atoms with van der Waals surface area (Å²) in [5.41, 5.74) is 1.13. The molecule has 0 spiro atoms. The van der Waals surface area contributed by atoms with Crippen molar-refractivity contribution < 1.29 is 13.2 Å². The Balaban J connectivity index is 1.52. The minimum Gasteiger partial charge on any atom is -0.341 e. The standard InChI is InChI=1S/C25H28N4O5S/c1-27-22-12-11-18(35(33,34)26-21-10-6-8-17-7-2-3-9-19(17)21)15-20(22)24(31)29(25(27)32)16-23(30)28-13-4-5-14-28/h2-3,7,9,11-12,15,21,26H,4-6,8,10,13-14,16H2,1H3/t21-/m0/s1. The van der Waals surface area contributed by atoms with Crippen molar-refractivity contribution in [3.63, 3.8) is 0 Å². The van der Waals surface area contributed by atoms with Crippen LogP contribution in [0.15, 0.2) is 56.9 Å². The molecule has 1 aliphatic heterocycles. The van der Waals surface area contributed by atoms with Gasteiger partial charge in [0.15, 0.2) is 0 Å². The van der Waals surface area contributed by atoms with Crippen molar-refractivity contribution in [2.45, 2.75) is 49.6 Å². The zero-order chi connectivity index (χ0) is 24.7. The Hall–Kier alpha value is -3.24. The van der Waals surface area contributed by atoms with E-state index in [0.717, 1.165) is 41.4 Å². The Labute approximate surface area is 203 Å². The molecule has 10 heteroatoms. The molecule has 1 aliphatic carbocycles. The number of fused-ring (bicyclic) bond motifs is 2. The molecule has 3 aromatic rings. The van der Waals surface area contributed by atoms with Gasteiger partial charge in [0.25, 0.3) is 5.56 Å². The molecule has 2 aliphatic rings. The highest BCUT2D eigenvalue weighted by Crippen LogP contribution is 2.31. The van der Waals surface area contributed by atoms with E-state index in [1.54, 1.807) is 4.90 Å². The first-order chi connectivity index (χ1) is 16.8. The number of nitrogens with one attached hydrogen (secondary N) is 1. The van der Waals surface area contributed by atoms with Crippen molar-refractivity contribution in [1.82, 2.24) is 18.8 Å². The number of nitrogens with zero attached hydrogens (tertiary/aromatic N) is 3. The summed E-state index contributed by atoms with van der Waals surface area (Å²) in [4.78, 5) is 40.3. The summed E-state index contributed by atoms with van der Waals surface area (Å²) in [7, 11) is -2.44. The lowest BCUT2D eigenvalue weighted by Gasteiger charge is -2.26. The van der Waals surface area contributed by atoms with Crippen LogP contribution >= 0.6 is 0 Å². The fraction of sp³-hybridized carbons (Fsp3) is 0.400. The van der Waals surface area contributed by atoms with Crippen molar-refractivity contribution >= 4 is 26.8 Å². The zero-order valence-electron chi connectivity index (χ0n) is 19.6. The largest absolute Gasteiger partial charge is 0.341 e. The van der Waals surface area contributed by atoms with Crippen LogP contribution in [0.2, 0.25) is 0 Å². The van der Waals surface area contributed by atoms with Crippen LogP contribution in [0.3, 0.4) is 0 Å². The number of hydrogen-bond acceptors (Lipinski definition) is 5. The molecule has 0 bridgehead atoms. The number of likely N-dealkylation sites (tertiary alicyclic amines) is 1. The van der Waals surface area contributed by atoms with Gasteiger partial charge >= 0.3 is 5.69 Å². The molecule has 9 nitrogen and oxygen atoms in total. The first-order valence-corrected chi connectivity index (χ1v) is 13.4. The average molecular weight is 497 g/mol. The van der Waals surface area contributed by atoms with Gasteiger partial charge in [0.1, 0.15) is 6.54 Å². The van der Waals surface area contributed by atoms with Gasteiger partial charge in [-0.2, -0.15) is 0 Å². The number of benzene rings is 2. The Bertz CT molecular complexity index is 1530. The van der Waals surface area contributed by atoms with Crippen LogP contribution in [0.25, 0.3) is 10.9 Å². The first kappa shape index (κ1) is 23.5. The van der Waals surface area contributed by atoms with E-state index in [1.807, 2.05) is 24.3 Å². The molecule has 0 radical (unpaired) electrons. The molecule has 1 atom stereocenters. The highest BCUT2D eigenvalue weighted by atomic mass is 32.2. The molecule has 184 valence electrons. The van der Waals surface area contributed by atoms with Crippen LogP contribution in [0, 0.1) is 0 Å². The van der Waals surface area contributed by atoms with Gasteiger partial charge < -0.3 is 4.90 Å². The lowest BCUT2D eigenvalue weighted by molar-refractivity contribution is -0.130. The summed E-state index contributed by atoms with van der Waals surface area (Å²) in [6.45, 7) is 0.856. The quantitative estimate of drug-likeness (QED) is 0.578. The van der Waals surface area contributed by atoms with Gasteiger partial charge in [-0.15, -0.1) is 0 Å². The predicted molar refractivity (Wildman–Crippen MR) is 132 cm³/mol. The summed E-state index contributed by atoms with van der Waals surface area (Å²) in [6.07, 6.45) is 4.27. The zero-order valence-corrected chi connectivity index (χ0v) is 20.4. The van der Waals surface area contributed by atoms with Gasteiger partial charge in [-0.3, -0.25) is 18.7 Å². The summed E-state index contributed by atoms with van der Waals surface area (Å²) in [6, 6.07) is 11.6. The second-order valence-corrected chi connectivity index (χ2v) is 11.0. The second-order valence-electron chi connectivity index (χ2n) is 9.26. The molecule has 1 fully saturated rings. The molecule has 1 amide bonds. The summed E-state index contributed by atoms with van der Waals surface area (Å²) < 4.78 is 31.6. The first-order valence-electron chi connectivity index (χ1n) is 11.9. The van der Waals surface area contributed by atoms with E-state index in [-0.39, 0.29) is 28.8 Å². The molecule has 0 unspecified atom stereocenters. The fourth-order valence-corrected chi connectivity index (χ4v) is 6.41. The molecule has 1 saturated heterocycles. The maximum absolute atomic E-state index is 13.3. The van der Waals surface area contributed by atoms with Crippen LogP contribution in [0.4, 0.5) is 0 Å². The number of aromatic nitrogens is 2. The average Bonchev–Trinajstić information content (AvgIpc) is 3.40. The van der Waals surface area contributed by atoms with Crippen LogP contribution < -0.4 is 16.0 Å². The van der Waals surface area contributed by atoms with E-state index in [9.17, 15) is 22.8 Å². The van der Waals surface area contributed by atoms with Crippen molar-refractivity contribution in [3.8, 4) is 0 Å². The van der Waals surface area contributed by atoms with Crippen LogP contribution in [-0.2, 0) is 34.8 Å². The lowest BCUT2D eigenvalue weighted by Crippen LogP contribution is -2.43. The predicted octanol–water partition coefficient (Wildman–Crippen LogP) is 1.68. The van der Waals surface area contributed by atoms with E-state index < -0.39 is 21.3 Å². The molecular weight excluding hydrogens is 468 g/mol. The maximum atomic E-state index is 13.3. The molecule has 35 heavy (non-hydrogen) atoms. The lowest BCUT2D eigenvalue weighted by atomic mass is 9.88. The summed E-state index contributed by atoms with van der Waals surface area (Å²) in [5.74, 6) is -0.289. The third kappa shape index (κ3) is 4.32. The van der Waals surface area contributed by atoms with E-state index in [4.69, 9.17) is 0 Å². The smallest absolute Gasteiger partial charge is 0.331 e. The van der Waals surface area contributed by atoms with Crippen LogP contribution in [0.1, 0.15) is 42.9 Å². The topological polar surface area (TPSA) is 110 Å². The van der Waals surface area contributed by atoms with Gasteiger partial charge in [0, 0.05) is 26.2 Å². The molecule has 2 aromatic carbocycles. The van der Waals surface area contributed by atoms with Gasteiger partial charge in [-0.05, 0) is 61.4 Å². The van der Waals surface area contributed by atoms with Crippen LogP contribution in [0.5, 0.6) is 0 Å². The number of carbonyl (C=O) groups excluding carboxylic acids is 1. The number of rotatable bonds is 5. The van der Waals surface area contributed by atoms with Gasteiger partial charge in [-0.25, -0.2) is 17.9 Å². The maximum Gasteiger partial charge on any atom is 0.331 e. The van der Waals surface area contributed by atoms with Crippen LogP contribution in [-0.4, -0.2) is 41.4 Å². The van der Waals surface area contributed by atoms with Gasteiger partial charge in [0.05, 0.1) is 15.8 Å². The summed E-state index contributed by atoms with van der Waals surface area (Å²) in [5, 5.41) is 0.0771. The molecule has 1 aromatic heterocycles. The highest BCUT2D eigenvalue weighted by molar-refractivity contribution is 7.89. The number of carbonyl (C=O) groups is 1. The minimum atomic E-state index is -3.94. The van der Waals surface area contributed by atoms with E-state index in [2.05, 4.69) is 4.72 Å². The highest BCUT2D eigenvalue weighted by Gasteiger charge is 2.27. The number of hydrogen-bond donors (Lipinski definition) is 1. The number of sulfonamides is 1. The fourth-order valence-electron chi connectivity index (χ4n) is 5.14. The van der Waals surface area contributed by atoms with E-state index >= 15 is 0 Å². The third-order valence-electron chi connectivity index (χ3n) is 7.05. The van der Waals surface area contributed by atoms with Gasteiger partial charge in [-0.1, -0.05) is 24.3 Å². The Kier molecular flexibility index (Phi) is 6.10. The number of aryl methyl sites for hydroxylation is 2. The molecular formula is C25H28N4O5S. The second kappa shape index (κ2) is 9.09. The normalized spacial score (nSPS) is 18.1. The van der Waals surface area contributed by atoms with Gasteiger partial charge in [0.2, 0.25) is 15.9 Å². The Morgan fingerprint density at radius 1 is 1.06 bits per heavy atom. The molecule has 2 heterocycles. The summed E-state index contributed by atoms with van der Waals surface area (Å²) >= 11 is 0. The van der Waals surface area contributed by atoms with Crippen molar-refractivity contribution in [1.29, 1.82) is 0 Å². The SMILES string of the molecule is Cn1c(=O)n(CC(=O)N2CCCC2)c(=O)c2cc(S(=O)(=O)N[C@H]3CCCc4ccccc43)ccc21. The molecule has 0 saturated carbocycles. The molecule has 5 rings (SSSR count). The van der Waals surface area contributed by atoms with E-state index in [1.165, 1.54) is 29.8 Å². The van der Waals surface area contributed by atoms with Crippen molar-refractivity contribution in [3.05, 3.63) is 74.4 Å². The number of amides is 1. The third-order valence-corrected chi connectivity index (χ3v) is 8.52. The van der Waals surface area contributed by atoms with Crippen molar-refractivity contribution in [2.24, 2.45) is 7.05 Å². The molecule has 1 N–H and O–H groups in total. The van der Waals surface area contributed by atoms with E-state index in [0.29, 0.717) is 25.0 Å². The monoisotopic (exact) mass is 496 g/mol. The van der Waals surface area contributed by atoms with Crippen molar-refractivity contribution in [2.75, 3.05) is 13.1 Å². The Morgan fingerprint density at radius 3 is 2.57 bits per heavy atom.